The standard InChI is InChI=1S/C48H83N5O7/c1-18-32(8)42(51(14)47(58)40(30(4)5)50-46(57)41(31(6)7)52(15)48(11,12)13)38(59-16)28-39(54)53-26-22-25-37(53)44(60-17)34(10)45(56)49-36(43(55)33(9)29(2)3)27-35-23-20-19-21-24-35/h19-21,23-24,29-34,36-38,40-42,44H,18,22,25-28H2,1-17H3,(H,49,56)(H,50,57)/t32-,33?,34+,36-,37-,38+,40-,41-,42?,44+/m0/s1. The molecule has 0 saturated carbocycles. The van der Waals surface area contributed by atoms with Gasteiger partial charge in [-0.25, -0.2) is 0 Å². The lowest BCUT2D eigenvalue weighted by Crippen LogP contribution is -2.61. The van der Waals surface area contributed by atoms with E-state index in [2.05, 4.69) is 50.2 Å². The van der Waals surface area contributed by atoms with E-state index in [1.807, 2.05) is 90.7 Å². The normalized spacial score (nSPS) is 19.4. The van der Waals surface area contributed by atoms with E-state index >= 15 is 0 Å². The highest BCUT2D eigenvalue weighted by molar-refractivity contribution is 5.92. The van der Waals surface area contributed by atoms with Crippen molar-refractivity contribution >= 4 is 29.4 Å². The van der Waals surface area contributed by atoms with Crippen molar-refractivity contribution < 1.29 is 33.4 Å². The summed E-state index contributed by atoms with van der Waals surface area (Å²) in [6.45, 7) is 26.4. The lowest BCUT2D eigenvalue weighted by atomic mass is 9.86. The van der Waals surface area contributed by atoms with Gasteiger partial charge in [0.2, 0.25) is 23.6 Å². The first-order valence-electron chi connectivity index (χ1n) is 22.5. The van der Waals surface area contributed by atoms with Crippen LogP contribution < -0.4 is 10.6 Å². The van der Waals surface area contributed by atoms with E-state index in [1.165, 1.54) is 0 Å². The van der Waals surface area contributed by atoms with Gasteiger partial charge in [0.1, 0.15) is 6.04 Å². The average Bonchev–Trinajstić information content (AvgIpc) is 3.68. The number of Topliss-reactive ketones (excluding diaryl/α,β-unsaturated/α-hetero) is 1. The topological polar surface area (TPSA) is 138 Å². The zero-order chi connectivity index (χ0) is 45.8. The number of nitrogens with zero attached hydrogens (tertiary/aromatic N) is 3. The smallest absolute Gasteiger partial charge is 0.245 e. The lowest BCUT2D eigenvalue weighted by Gasteiger charge is -2.42. The molecule has 342 valence electrons. The molecule has 1 aromatic rings. The quantitative estimate of drug-likeness (QED) is 0.129. The molecule has 2 rings (SSSR count). The van der Waals surface area contributed by atoms with Gasteiger partial charge in [-0.15, -0.1) is 0 Å². The third-order valence-electron chi connectivity index (χ3n) is 13.3. The molecule has 1 aliphatic rings. The molecule has 1 fully saturated rings. The zero-order valence-corrected chi connectivity index (χ0v) is 40.3. The number of rotatable bonds is 23. The Bertz CT molecular complexity index is 1530. The maximum atomic E-state index is 14.5. The third-order valence-corrected chi connectivity index (χ3v) is 13.3. The van der Waals surface area contributed by atoms with Crippen LogP contribution in [-0.2, 0) is 39.9 Å². The monoisotopic (exact) mass is 842 g/mol. The molecule has 0 aliphatic carbocycles. The highest BCUT2D eigenvalue weighted by Gasteiger charge is 2.44. The molecule has 1 heterocycles. The Morgan fingerprint density at radius 2 is 1.42 bits per heavy atom. The molecule has 0 bridgehead atoms. The molecule has 4 amide bonds. The summed E-state index contributed by atoms with van der Waals surface area (Å²) >= 11 is 0. The van der Waals surface area contributed by atoms with Crippen LogP contribution in [0.3, 0.4) is 0 Å². The van der Waals surface area contributed by atoms with Crippen molar-refractivity contribution in [1.29, 1.82) is 0 Å². The van der Waals surface area contributed by atoms with Crippen molar-refractivity contribution in [3.63, 3.8) is 0 Å². The van der Waals surface area contributed by atoms with Crippen LogP contribution in [0.1, 0.15) is 121 Å². The van der Waals surface area contributed by atoms with Crippen LogP contribution in [0.5, 0.6) is 0 Å². The predicted octanol–water partition coefficient (Wildman–Crippen LogP) is 6.39. The molecule has 2 unspecified atom stereocenters. The SMILES string of the molecule is CC[C@H](C)C([C@@H](CC(=O)N1CCC[C@H]1[C@H](OC)[C@@H](C)C(=O)N[C@@H](Cc1ccccc1)C(=O)C(C)C(C)C)OC)N(C)C(=O)[C@@H](NC(=O)[C@H](C(C)C)N(C)C(C)(C)C)C(C)C. The zero-order valence-electron chi connectivity index (χ0n) is 40.3. The van der Waals surface area contributed by atoms with Crippen molar-refractivity contribution in [2.24, 2.45) is 35.5 Å². The number of nitrogens with one attached hydrogen (secondary N) is 2. The molecule has 12 heteroatoms. The second kappa shape index (κ2) is 23.8. The fraction of sp³-hybridized carbons (Fsp3) is 0.771. The Hall–Kier alpha value is -3.35. The van der Waals surface area contributed by atoms with Crippen LogP contribution in [0.25, 0.3) is 0 Å². The second-order valence-electron chi connectivity index (χ2n) is 19.5. The molecule has 2 N–H and O–H groups in total. The van der Waals surface area contributed by atoms with Crippen molar-refractivity contribution in [3.05, 3.63) is 35.9 Å². The number of hydrogen-bond donors (Lipinski definition) is 2. The van der Waals surface area contributed by atoms with E-state index in [0.29, 0.717) is 19.4 Å². The first-order valence-corrected chi connectivity index (χ1v) is 22.5. The van der Waals surface area contributed by atoms with Crippen LogP contribution >= 0.6 is 0 Å². The average molecular weight is 842 g/mol. The third kappa shape index (κ3) is 13.8. The summed E-state index contributed by atoms with van der Waals surface area (Å²) in [6, 6.07) is 6.91. The fourth-order valence-corrected chi connectivity index (χ4v) is 8.64. The van der Waals surface area contributed by atoms with Gasteiger partial charge in [-0.05, 0) is 76.3 Å². The summed E-state index contributed by atoms with van der Waals surface area (Å²) in [5.74, 6) is -1.89. The number of carbonyl (C=O) groups excluding carboxylic acids is 5. The highest BCUT2D eigenvalue weighted by atomic mass is 16.5. The minimum Gasteiger partial charge on any atom is -0.379 e. The summed E-state index contributed by atoms with van der Waals surface area (Å²) in [6.07, 6.45) is 1.26. The molecule has 12 nitrogen and oxygen atoms in total. The Labute approximate surface area is 363 Å². The van der Waals surface area contributed by atoms with Gasteiger partial charge in [-0.3, -0.25) is 28.9 Å². The maximum absolute atomic E-state index is 14.5. The fourth-order valence-electron chi connectivity index (χ4n) is 8.64. The lowest BCUT2D eigenvalue weighted by molar-refractivity contribution is -0.148. The van der Waals surface area contributed by atoms with E-state index in [-0.39, 0.29) is 77.0 Å². The second-order valence-corrected chi connectivity index (χ2v) is 19.5. The molecule has 0 spiro atoms. The van der Waals surface area contributed by atoms with Gasteiger partial charge in [-0.2, -0.15) is 0 Å². The first-order chi connectivity index (χ1) is 27.9. The van der Waals surface area contributed by atoms with E-state index in [9.17, 15) is 24.0 Å². The minimum atomic E-state index is -0.786. The molecular weight excluding hydrogens is 759 g/mol. The van der Waals surface area contributed by atoms with Gasteiger partial charge in [0.25, 0.3) is 0 Å². The van der Waals surface area contributed by atoms with Gasteiger partial charge >= 0.3 is 0 Å². The number of ketones is 1. The summed E-state index contributed by atoms with van der Waals surface area (Å²) in [5, 5.41) is 6.19. The number of likely N-dealkylation sites (N-methyl/N-ethyl adjacent to an activating group) is 2. The van der Waals surface area contributed by atoms with Crippen molar-refractivity contribution in [2.45, 2.75) is 170 Å². The van der Waals surface area contributed by atoms with Gasteiger partial charge in [0, 0.05) is 39.3 Å². The van der Waals surface area contributed by atoms with E-state index in [4.69, 9.17) is 9.47 Å². The number of likely N-dealkylation sites (tertiary alicyclic amines) is 1. The van der Waals surface area contributed by atoms with E-state index in [0.717, 1.165) is 18.4 Å². The minimum absolute atomic E-state index is 0.00962. The maximum Gasteiger partial charge on any atom is 0.245 e. The van der Waals surface area contributed by atoms with Crippen molar-refractivity contribution in [2.75, 3.05) is 34.9 Å². The van der Waals surface area contributed by atoms with Gasteiger partial charge in [0.15, 0.2) is 5.78 Å². The molecule has 60 heavy (non-hydrogen) atoms. The van der Waals surface area contributed by atoms with E-state index in [1.54, 1.807) is 33.1 Å². The summed E-state index contributed by atoms with van der Waals surface area (Å²) in [5.41, 5.74) is 0.694. The molecule has 1 aromatic carbocycles. The summed E-state index contributed by atoms with van der Waals surface area (Å²) in [4.78, 5) is 76.1. The number of hydrogen-bond acceptors (Lipinski definition) is 8. The van der Waals surface area contributed by atoms with Gasteiger partial charge in [-0.1, -0.05) is 106 Å². The number of carbonyl (C=O) groups is 5. The highest BCUT2D eigenvalue weighted by Crippen LogP contribution is 2.30. The van der Waals surface area contributed by atoms with Crippen LogP contribution in [0.15, 0.2) is 30.3 Å². The van der Waals surface area contributed by atoms with Crippen LogP contribution in [0.4, 0.5) is 0 Å². The molecular formula is C48H83N5O7. The summed E-state index contributed by atoms with van der Waals surface area (Å²) < 4.78 is 12.1. The molecule has 1 aliphatic heterocycles. The van der Waals surface area contributed by atoms with Gasteiger partial charge < -0.3 is 29.9 Å². The van der Waals surface area contributed by atoms with Crippen molar-refractivity contribution in [1.82, 2.24) is 25.3 Å². The molecule has 0 radical (unpaired) electrons. The molecule has 1 saturated heterocycles. The Balaban J connectivity index is 2.34. The van der Waals surface area contributed by atoms with Crippen LogP contribution in [-0.4, -0.2) is 127 Å². The largest absolute Gasteiger partial charge is 0.379 e. The number of methoxy groups -OCH3 is 2. The molecule has 0 aromatic heterocycles. The first kappa shape index (κ1) is 52.8. The number of benzene rings is 1. The Morgan fingerprint density at radius 3 is 1.90 bits per heavy atom. The predicted molar refractivity (Wildman–Crippen MR) is 240 cm³/mol. The van der Waals surface area contributed by atoms with E-state index < -0.39 is 42.3 Å². The number of amides is 4. The molecule has 10 atom stereocenters. The summed E-state index contributed by atoms with van der Waals surface area (Å²) in [7, 11) is 6.82. The van der Waals surface area contributed by atoms with Crippen LogP contribution in [0.2, 0.25) is 0 Å². The Kier molecular flexibility index (Phi) is 20.9. The number of ether oxygens (including phenoxy) is 2. The van der Waals surface area contributed by atoms with Crippen molar-refractivity contribution in [3.8, 4) is 0 Å². The Morgan fingerprint density at radius 1 is 0.817 bits per heavy atom. The van der Waals surface area contributed by atoms with Crippen LogP contribution in [0, 0.1) is 35.5 Å². The van der Waals surface area contributed by atoms with Gasteiger partial charge in [0.05, 0.1) is 48.7 Å².